The van der Waals surface area contributed by atoms with E-state index in [0.717, 1.165) is 0 Å². The monoisotopic (exact) mass is 304 g/mol. The van der Waals surface area contributed by atoms with Crippen molar-refractivity contribution in [2.45, 2.75) is 18.9 Å². The molecule has 0 bridgehead atoms. The summed E-state index contributed by atoms with van der Waals surface area (Å²) in [4.78, 5) is 7.86. The summed E-state index contributed by atoms with van der Waals surface area (Å²) in [5.41, 5.74) is 4.75. The molecule has 1 rings (SSSR count). The predicted octanol–water partition coefficient (Wildman–Crippen LogP) is 1.02. The van der Waals surface area contributed by atoms with Crippen molar-refractivity contribution in [1.29, 1.82) is 0 Å². The SMILES string of the molecule is COCCC(C)(O)CNc1ncnc(N)c1Br. The molecule has 0 amide bonds. The van der Waals surface area contributed by atoms with Gasteiger partial charge in [-0.25, -0.2) is 9.97 Å². The number of aliphatic hydroxyl groups is 1. The maximum Gasteiger partial charge on any atom is 0.146 e. The molecule has 1 atom stereocenters. The third-order valence-electron chi connectivity index (χ3n) is 2.30. The van der Waals surface area contributed by atoms with Crippen LogP contribution >= 0.6 is 15.9 Å². The molecule has 0 aliphatic heterocycles. The molecule has 1 unspecified atom stereocenters. The molecule has 4 N–H and O–H groups in total. The number of ether oxygens (including phenoxy) is 1. The Morgan fingerprint density at radius 1 is 1.59 bits per heavy atom. The van der Waals surface area contributed by atoms with Gasteiger partial charge >= 0.3 is 0 Å². The molecule has 0 fully saturated rings. The van der Waals surface area contributed by atoms with Crippen LogP contribution in [0.4, 0.5) is 11.6 Å². The summed E-state index contributed by atoms with van der Waals surface area (Å²) in [5.74, 6) is 0.925. The van der Waals surface area contributed by atoms with Crippen molar-refractivity contribution in [3.8, 4) is 0 Å². The maximum absolute atomic E-state index is 10.0. The van der Waals surface area contributed by atoms with Crippen LogP contribution in [0.15, 0.2) is 10.8 Å². The van der Waals surface area contributed by atoms with Gasteiger partial charge in [0.15, 0.2) is 0 Å². The first-order chi connectivity index (χ1) is 7.96. The second kappa shape index (κ2) is 6.13. The summed E-state index contributed by atoms with van der Waals surface area (Å²) in [5, 5.41) is 13.1. The Morgan fingerprint density at radius 2 is 2.29 bits per heavy atom. The minimum Gasteiger partial charge on any atom is -0.388 e. The van der Waals surface area contributed by atoms with Crippen LogP contribution in [-0.2, 0) is 4.74 Å². The first-order valence-corrected chi connectivity index (χ1v) is 5.97. The zero-order chi connectivity index (χ0) is 12.9. The van der Waals surface area contributed by atoms with E-state index in [1.54, 1.807) is 14.0 Å². The van der Waals surface area contributed by atoms with Crippen LogP contribution in [0.3, 0.4) is 0 Å². The molecule has 1 heterocycles. The van der Waals surface area contributed by atoms with E-state index >= 15 is 0 Å². The van der Waals surface area contributed by atoms with E-state index < -0.39 is 5.60 Å². The minimum atomic E-state index is -0.866. The summed E-state index contributed by atoms with van der Waals surface area (Å²) in [6.45, 7) is 2.59. The quantitative estimate of drug-likeness (QED) is 0.726. The molecule has 6 nitrogen and oxygen atoms in total. The summed E-state index contributed by atoms with van der Waals surface area (Å²) in [6, 6.07) is 0. The number of anilines is 2. The van der Waals surface area contributed by atoms with Crippen molar-refractivity contribution in [2.24, 2.45) is 0 Å². The van der Waals surface area contributed by atoms with Gasteiger partial charge in [0.1, 0.15) is 22.4 Å². The third-order valence-corrected chi connectivity index (χ3v) is 3.08. The van der Waals surface area contributed by atoms with Crippen LogP contribution in [0.25, 0.3) is 0 Å². The standard InChI is InChI=1S/C10H17BrN4O2/c1-10(16,3-4-17-2)5-13-9-7(11)8(12)14-6-15-9/h6,16H,3-5H2,1-2H3,(H3,12,13,14,15). The summed E-state index contributed by atoms with van der Waals surface area (Å²) in [6.07, 6.45) is 1.90. The van der Waals surface area contributed by atoms with Crippen molar-refractivity contribution in [1.82, 2.24) is 9.97 Å². The van der Waals surface area contributed by atoms with Gasteiger partial charge in [-0.1, -0.05) is 0 Å². The molecule has 0 spiro atoms. The Kier molecular flexibility index (Phi) is 5.10. The largest absolute Gasteiger partial charge is 0.388 e. The average molecular weight is 305 g/mol. The summed E-state index contributed by atoms with van der Waals surface area (Å²) in [7, 11) is 1.60. The van der Waals surface area contributed by atoms with Gasteiger partial charge < -0.3 is 20.9 Å². The Bertz CT molecular complexity index is 373. The highest BCUT2D eigenvalue weighted by Gasteiger charge is 2.20. The van der Waals surface area contributed by atoms with Crippen molar-refractivity contribution in [3.63, 3.8) is 0 Å². The van der Waals surface area contributed by atoms with Crippen LogP contribution in [0.5, 0.6) is 0 Å². The molecule has 0 aliphatic carbocycles. The van der Waals surface area contributed by atoms with Crippen molar-refractivity contribution >= 4 is 27.6 Å². The first-order valence-electron chi connectivity index (χ1n) is 5.17. The fourth-order valence-corrected chi connectivity index (χ4v) is 1.54. The van der Waals surface area contributed by atoms with Gasteiger partial charge in [0.05, 0.1) is 5.60 Å². The van der Waals surface area contributed by atoms with Crippen molar-refractivity contribution in [3.05, 3.63) is 10.8 Å². The number of halogens is 1. The number of nitrogens with one attached hydrogen (secondary N) is 1. The lowest BCUT2D eigenvalue weighted by molar-refractivity contribution is 0.0357. The van der Waals surface area contributed by atoms with E-state index in [1.807, 2.05) is 0 Å². The van der Waals surface area contributed by atoms with Crippen molar-refractivity contribution in [2.75, 3.05) is 31.3 Å². The summed E-state index contributed by atoms with van der Waals surface area (Å²) < 4.78 is 5.53. The number of methoxy groups -OCH3 is 1. The van der Waals surface area contributed by atoms with E-state index in [2.05, 4.69) is 31.2 Å². The van der Waals surface area contributed by atoms with Gasteiger partial charge in [0.25, 0.3) is 0 Å². The second-order valence-electron chi connectivity index (χ2n) is 4.01. The number of aromatic nitrogens is 2. The Morgan fingerprint density at radius 3 is 2.94 bits per heavy atom. The summed E-state index contributed by atoms with van der Waals surface area (Å²) >= 11 is 3.28. The Balaban J connectivity index is 2.58. The lowest BCUT2D eigenvalue weighted by Crippen LogP contribution is -2.35. The number of hydrogen-bond acceptors (Lipinski definition) is 6. The third kappa shape index (κ3) is 4.45. The molecule has 0 saturated carbocycles. The molecule has 0 saturated heterocycles. The highest BCUT2D eigenvalue weighted by atomic mass is 79.9. The smallest absolute Gasteiger partial charge is 0.146 e. The normalized spacial score (nSPS) is 14.4. The van der Waals surface area contributed by atoms with Gasteiger partial charge in [0.2, 0.25) is 0 Å². The van der Waals surface area contributed by atoms with Crippen LogP contribution in [-0.4, -0.2) is 40.9 Å². The molecule has 0 radical (unpaired) electrons. The number of nitrogens with zero attached hydrogens (tertiary/aromatic N) is 2. The minimum absolute atomic E-state index is 0.353. The zero-order valence-corrected chi connectivity index (χ0v) is 11.5. The Hall–Kier alpha value is -0.920. The first kappa shape index (κ1) is 14.1. The van der Waals surface area contributed by atoms with Crippen molar-refractivity contribution < 1.29 is 9.84 Å². The number of hydrogen-bond donors (Lipinski definition) is 3. The van der Waals surface area contributed by atoms with E-state index in [4.69, 9.17) is 10.5 Å². The van der Waals surface area contributed by atoms with Gasteiger partial charge in [-0.15, -0.1) is 0 Å². The molecule has 0 aliphatic rings. The highest BCUT2D eigenvalue weighted by molar-refractivity contribution is 9.10. The number of nitrogens with two attached hydrogens (primary N) is 1. The lowest BCUT2D eigenvalue weighted by atomic mass is 10.0. The van der Waals surface area contributed by atoms with Gasteiger partial charge in [-0.05, 0) is 22.9 Å². The molecule has 17 heavy (non-hydrogen) atoms. The van der Waals surface area contributed by atoms with Crippen LogP contribution in [0.2, 0.25) is 0 Å². The van der Waals surface area contributed by atoms with Gasteiger partial charge in [-0.3, -0.25) is 0 Å². The van der Waals surface area contributed by atoms with Crippen LogP contribution < -0.4 is 11.1 Å². The molecular weight excluding hydrogens is 288 g/mol. The molecule has 7 heteroatoms. The Labute approximate surface area is 109 Å². The number of nitrogen functional groups attached to an aromatic ring is 1. The van der Waals surface area contributed by atoms with E-state index in [1.165, 1.54) is 6.33 Å². The molecule has 1 aromatic heterocycles. The topological polar surface area (TPSA) is 93.3 Å². The highest BCUT2D eigenvalue weighted by Crippen LogP contribution is 2.24. The lowest BCUT2D eigenvalue weighted by Gasteiger charge is -2.23. The van der Waals surface area contributed by atoms with E-state index in [-0.39, 0.29) is 0 Å². The zero-order valence-electron chi connectivity index (χ0n) is 9.90. The second-order valence-corrected chi connectivity index (χ2v) is 4.81. The fraction of sp³-hybridized carbons (Fsp3) is 0.600. The predicted molar refractivity (Wildman–Crippen MR) is 69.8 cm³/mol. The number of rotatable bonds is 6. The fourth-order valence-electron chi connectivity index (χ4n) is 1.19. The molecule has 96 valence electrons. The average Bonchev–Trinajstić information content (AvgIpc) is 2.29. The maximum atomic E-state index is 10.0. The van der Waals surface area contributed by atoms with E-state index in [0.29, 0.717) is 35.7 Å². The van der Waals surface area contributed by atoms with Gasteiger partial charge in [0, 0.05) is 26.7 Å². The molecular formula is C10H17BrN4O2. The molecule has 0 aromatic carbocycles. The van der Waals surface area contributed by atoms with E-state index in [9.17, 15) is 5.11 Å². The molecule has 1 aromatic rings. The van der Waals surface area contributed by atoms with Gasteiger partial charge in [-0.2, -0.15) is 0 Å². The van der Waals surface area contributed by atoms with Crippen LogP contribution in [0, 0.1) is 0 Å². The van der Waals surface area contributed by atoms with Crippen LogP contribution in [0.1, 0.15) is 13.3 Å².